The Balaban J connectivity index is 0.920. The molecule has 27 atom stereocenters. The van der Waals surface area contributed by atoms with Crippen molar-refractivity contribution in [2.24, 2.45) is 50.2 Å². The number of allylic oxidation sites excluding steroid dienone is 2. The first-order valence-corrected chi connectivity index (χ1v) is 27.1. The normalized spacial score (nSPS) is 54.1. The summed E-state index contributed by atoms with van der Waals surface area (Å²) < 4.78 is 47.8. The van der Waals surface area contributed by atoms with Gasteiger partial charge in [0.15, 0.2) is 18.9 Å². The number of aliphatic hydroxyl groups excluding tert-OH is 12. The molecule has 9 aliphatic rings. The molecule has 0 aromatic carbocycles. The Labute approximate surface area is 433 Å². The highest BCUT2D eigenvalue weighted by molar-refractivity contribution is 5.79. The highest BCUT2D eigenvalue weighted by atomic mass is 16.8. The predicted octanol–water partition coefficient (Wildman–Crippen LogP) is -0.369. The molecule has 0 spiro atoms. The van der Waals surface area contributed by atoms with Gasteiger partial charge >= 0.3 is 5.97 Å². The van der Waals surface area contributed by atoms with E-state index in [0.717, 1.165) is 32.1 Å². The number of esters is 1. The van der Waals surface area contributed by atoms with Gasteiger partial charge < -0.3 is 99.2 Å². The molecule has 0 aromatic heterocycles. The van der Waals surface area contributed by atoms with E-state index in [2.05, 4.69) is 54.5 Å². The molecule has 0 amide bonds. The number of carbonyl (C=O) groups is 1. The summed E-state index contributed by atoms with van der Waals surface area (Å²) in [4.78, 5) is 15.1. The summed E-state index contributed by atoms with van der Waals surface area (Å²) in [7, 11) is 0. The first-order chi connectivity index (χ1) is 34.6. The van der Waals surface area contributed by atoms with E-state index in [9.17, 15) is 61.3 Å². The fraction of sp³-hybridized carbons (Fsp3) is 0.943. The minimum atomic E-state index is -1.82. The summed E-state index contributed by atoms with van der Waals surface area (Å²) in [6.45, 7) is 16.2. The molecule has 0 unspecified atom stereocenters. The van der Waals surface area contributed by atoms with Crippen LogP contribution in [0.3, 0.4) is 0 Å². The lowest BCUT2D eigenvalue weighted by atomic mass is 9.33. The Morgan fingerprint density at radius 2 is 1.26 bits per heavy atom. The van der Waals surface area contributed by atoms with Crippen LogP contribution >= 0.6 is 0 Å². The van der Waals surface area contributed by atoms with Crippen LogP contribution in [0.1, 0.15) is 120 Å². The van der Waals surface area contributed by atoms with Gasteiger partial charge in [-0.25, -0.2) is 0 Å². The Bertz CT molecular complexity index is 2040. The number of hydrogen-bond acceptors (Lipinski definition) is 21. The third-order valence-electron chi connectivity index (χ3n) is 21.0. The topological polar surface area (TPSA) is 334 Å². The van der Waals surface area contributed by atoms with E-state index >= 15 is 4.79 Å². The van der Waals surface area contributed by atoms with Crippen molar-refractivity contribution >= 4 is 5.97 Å². The average molecular weight is 1060 g/mol. The molecular formula is C53H86O21. The number of rotatable bonds is 10. The van der Waals surface area contributed by atoms with Gasteiger partial charge in [-0.05, 0) is 116 Å². The largest absolute Gasteiger partial charge is 0.432 e. The second-order valence-electron chi connectivity index (χ2n) is 25.8. The monoisotopic (exact) mass is 1060 g/mol. The van der Waals surface area contributed by atoms with Crippen LogP contribution in [0.15, 0.2) is 11.6 Å². The van der Waals surface area contributed by atoms with Gasteiger partial charge in [-0.3, -0.25) is 4.79 Å². The molecule has 0 radical (unpaired) electrons. The summed E-state index contributed by atoms with van der Waals surface area (Å²) in [5.41, 5.74) is -0.885. The summed E-state index contributed by atoms with van der Waals surface area (Å²) >= 11 is 0. The third kappa shape index (κ3) is 9.27. The van der Waals surface area contributed by atoms with Crippen LogP contribution in [0.2, 0.25) is 0 Å². The molecular weight excluding hydrogens is 973 g/mol. The van der Waals surface area contributed by atoms with Crippen molar-refractivity contribution in [2.75, 3.05) is 19.8 Å². The number of fused-ring (bicyclic) bond motifs is 7. The lowest BCUT2D eigenvalue weighted by Gasteiger charge is -2.71. The first-order valence-electron chi connectivity index (χ1n) is 27.1. The van der Waals surface area contributed by atoms with Gasteiger partial charge in [-0.15, -0.1) is 0 Å². The van der Waals surface area contributed by atoms with E-state index in [1.54, 1.807) is 0 Å². The Kier molecular flexibility index (Phi) is 15.8. The summed E-state index contributed by atoms with van der Waals surface area (Å²) in [5.74, 6) is -0.319. The minimum absolute atomic E-state index is 0.114. The predicted molar refractivity (Wildman–Crippen MR) is 255 cm³/mol. The zero-order chi connectivity index (χ0) is 54.0. The van der Waals surface area contributed by atoms with Crippen molar-refractivity contribution in [3.8, 4) is 0 Å². The van der Waals surface area contributed by atoms with Gasteiger partial charge in [0.05, 0.1) is 37.4 Å². The number of aliphatic hydroxyl groups is 12. The molecule has 4 heterocycles. The van der Waals surface area contributed by atoms with Gasteiger partial charge in [0, 0.05) is 0 Å². The van der Waals surface area contributed by atoms with Gasteiger partial charge in [-0.1, -0.05) is 60.1 Å². The standard InChI is InChI=1S/C53H86O21/c1-23-32(56)36(60)40(64)44(69-23)73-42-33(57)26(55)21-67-46(42)72-31-12-13-50(6)29(49(31,4)5)11-14-52(8)30(50)10-9-24-25-19-48(2,3)15-17-53(25,18-16-51(24,52)7)47(66)74-45-41(65)38(62)35(59)28(71-45)22-68-43-39(63)37(61)34(58)27(20-54)70-43/h9,23,25-46,54-65H,10-22H2,1-8H3/t23-,25-,26-,27+,28+,29-,30+,31-,32-,33-,34+,35+,36+,37-,38-,39+,40+,41+,42+,43+,44-,45-,46-,50-,51+,52+,53-/m0/s1. The highest BCUT2D eigenvalue weighted by Crippen LogP contribution is 2.76. The zero-order valence-corrected chi connectivity index (χ0v) is 44.1. The van der Waals surface area contributed by atoms with Crippen LogP contribution < -0.4 is 0 Å². The minimum Gasteiger partial charge on any atom is -0.432 e. The molecule has 12 N–H and O–H groups in total. The maximum Gasteiger partial charge on any atom is 0.315 e. The van der Waals surface area contributed by atoms with Crippen LogP contribution in [0.5, 0.6) is 0 Å². The first kappa shape index (κ1) is 57.1. The smallest absolute Gasteiger partial charge is 0.315 e. The molecule has 4 aliphatic heterocycles. The van der Waals surface area contributed by atoms with Crippen molar-refractivity contribution in [1.29, 1.82) is 0 Å². The van der Waals surface area contributed by atoms with Gasteiger partial charge in [0.1, 0.15) is 85.5 Å². The van der Waals surface area contributed by atoms with Gasteiger partial charge in [0.25, 0.3) is 0 Å². The molecule has 0 aromatic rings. The second kappa shape index (κ2) is 20.5. The van der Waals surface area contributed by atoms with E-state index in [0.29, 0.717) is 32.1 Å². The SMILES string of the molecule is C[C@@H]1O[C@@H](O[C@H]2[C@H](O[C@H]3CC[C@]4(C)[C@H]5CC=C6[C@@H]7CC(C)(C)CC[C@]7(C(=O)O[C@@H]7O[C@H](CO[C@@H]8O[C@H](CO)[C@@H](O)[C@H](O)[C@H]8O)[C@@H](O)[C@H](O)[C@H]7O)CC[C@@]6(C)[C@]5(C)CC[C@H]4C3(C)C)OC[C@H](O)[C@@H]2O)[C@H](O)[C@H](O)[C@H]1O. The average Bonchev–Trinajstić information content (AvgIpc) is 3.35. The number of ether oxygens (including phenoxy) is 8. The van der Waals surface area contributed by atoms with Crippen molar-refractivity contribution in [3.63, 3.8) is 0 Å². The van der Waals surface area contributed by atoms with E-state index < -0.39 is 147 Å². The fourth-order valence-corrected chi connectivity index (χ4v) is 16.1. The third-order valence-corrected chi connectivity index (χ3v) is 21.0. The number of carbonyl (C=O) groups excluding carboxylic acids is 1. The van der Waals surface area contributed by atoms with Crippen LogP contribution in [0.4, 0.5) is 0 Å². The van der Waals surface area contributed by atoms with E-state index in [1.807, 2.05) is 0 Å². The highest BCUT2D eigenvalue weighted by Gasteiger charge is 2.70. The van der Waals surface area contributed by atoms with Crippen LogP contribution in [-0.4, -0.2) is 210 Å². The quantitative estimate of drug-likeness (QED) is 0.0755. The van der Waals surface area contributed by atoms with Crippen molar-refractivity contribution < 1.29 is 104 Å². The molecule has 21 heteroatoms. The lowest BCUT2D eigenvalue weighted by Crippen LogP contribution is -2.66. The summed E-state index contributed by atoms with van der Waals surface area (Å²) in [6.07, 6.45) is -19.2. The van der Waals surface area contributed by atoms with E-state index in [-0.39, 0.29) is 52.1 Å². The maximum absolute atomic E-state index is 15.1. The van der Waals surface area contributed by atoms with E-state index in [1.165, 1.54) is 12.5 Å². The zero-order valence-electron chi connectivity index (χ0n) is 44.1. The van der Waals surface area contributed by atoms with Crippen molar-refractivity contribution in [3.05, 3.63) is 11.6 Å². The number of hydrogen-bond donors (Lipinski definition) is 12. The lowest BCUT2D eigenvalue weighted by molar-refractivity contribution is -0.364. The summed E-state index contributed by atoms with van der Waals surface area (Å²) in [5, 5.41) is 127. The molecule has 4 saturated heterocycles. The molecule has 4 saturated carbocycles. The van der Waals surface area contributed by atoms with Gasteiger partial charge in [0.2, 0.25) is 6.29 Å². The summed E-state index contributed by atoms with van der Waals surface area (Å²) in [6, 6.07) is 0. The molecule has 424 valence electrons. The van der Waals surface area contributed by atoms with Crippen LogP contribution in [0, 0.1) is 50.2 Å². The van der Waals surface area contributed by atoms with Crippen LogP contribution in [0.25, 0.3) is 0 Å². The second-order valence-corrected chi connectivity index (χ2v) is 25.8. The van der Waals surface area contributed by atoms with Crippen molar-refractivity contribution in [1.82, 2.24) is 0 Å². The fourth-order valence-electron chi connectivity index (χ4n) is 16.1. The molecule has 21 nitrogen and oxygen atoms in total. The van der Waals surface area contributed by atoms with Crippen molar-refractivity contribution in [2.45, 2.75) is 242 Å². The Hall–Kier alpha value is -1.55. The molecule has 9 rings (SSSR count). The Morgan fingerprint density at radius 3 is 1.95 bits per heavy atom. The van der Waals surface area contributed by atoms with Crippen LogP contribution in [-0.2, 0) is 42.7 Å². The van der Waals surface area contributed by atoms with Gasteiger partial charge in [-0.2, -0.15) is 0 Å². The Morgan fingerprint density at radius 1 is 0.635 bits per heavy atom. The van der Waals surface area contributed by atoms with E-state index in [4.69, 9.17) is 37.9 Å². The molecule has 5 aliphatic carbocycles. The molecule has 8 fully saturated rings. The molecule has 0 bridgehead atoms. The maximum atomic E-state index is 15.1. The molecule has 74 heavy (non-hydrogen) atoms.